The molecule has 3 N–H and O–H groups in total. The lowest BCUT2D eigenvalue weighted by molar-refractivity contribution is -0.135. The summed E-state index contributed by atoms with van der Waals surface area (Å²) in [5.41, 5.74) is 6.07. The molecule has 0 heterocycles. The summed E-state index contributed by atoms with van der Waals surface area (Å²) in [4.78, 5) is 10.3. The van der Waals surface area contributed by atoms with Gasteiger partial charge in [-0.2, -0.15) is 0 Å². The number of carboxylic acid groups (broad SMARTS) is 1. The summed E-state index contributed by atoms with van der Waals surface area (Å²) in [6.07, 6.45) is 0. The van der Waals surface area contributed by atoms with Gasteiger partial charge in [-0.15, -0.1) is 0 Å². The first-order valence-corrected chi connectivity index (χ1v) is 5.15. The van der Waals surface area contributed by atoms with Crippen LogP contribution in [0.5, 0.6) is 5.75 Å². The van der Waals surface area contributed by atoms with Crippen molar-refractivity contribution in [3.8, 4) is 5.75 Å². The summed E-state index contributed by atoms with van der Waals surface area (Å²) in [5, 5.41) is 8.45. The number of methoxy groups -OCH3 is 1. The van der Waals surface area contributed by atoms with E-state index in [0.717, 1.165) is 5.69 Å². The Bertz CT molecular complexity index is 357. The summed E-state index contributed by atoms with van der Waals surface area (Å²) < 4.78 is 10.3. The number of hydrogen-bond donors (Lipinski definition) is 3. The molecule has 0 aromatic heterocycles. The number of hydrogen-bond acceptors (Lipinski definition) is 5. The van der Waals surface area contributed by atoms with Crippen molar-refractivity contribution >= 4 is 11.7 Å². The van der Waals surface area contributed by atoms with E-state index in [1.54, 1.807) is 19.2 Å². The van der Waals surface area contributed by atoms with Gasteiger partial charge in [-0.05, 0) is 12.1 Å². The van der Waals surface area contributed by atoms with Crippen molar-refractivity contribution in [3.05, 3.63) is 24.3 Å². The fourth-order valence-corrected chi connectivity index (χ4v) is 1.13. The second kappa shape index (κ2) is 7.48. The molecule has 0 saturated carbocycles. The third-order valence-electron chi connectivity index (χ3n) is 1.86. The number of aliphatic carboxylic acids is 1. The van der Waals surface area contributed by atoms with Gasteiger partial charge in [0.1, 0.15) is 18.9 Å². The van der Waals surface area contributed by atoms with E-state index in [2.05, 4.69) is 10.9 Å². The third kappa shape index (κ3) is 5.74. The molecule has 0 fully saturated rings. The van der Waals surface area contributed by atoms with Gasteiger partial charge in [-0.25, -0.2) is 5.43 Å². The maximum atomic E-state index is 10.3. The van der Waals surface area contributed by atoms with E-state index in [-0.39, 0.29) is 6.54 Å². The van der Waals surface area contributed by atoms with Crippen molar-refractivity contribution in [1.29, 1.82) is 0 Å². The van der Waals surface area contributed by atoms with E-state index in [1.807, 2.05) is 12.1 Å². The molecule has 1 aromatic rings. The molecular formula is C11H16N2O4. The molecule has 0 unspecified atom stereocenters. The maximum Gasteiger partial charge on any atom is 0.319 e. The molecule has 0 bridgehead atoms. The second-order valence-electron chi connectivity index (χ2n) is 3.24. The van der Waals surface area contributed by atoms with Crippen LogP contribution in [0, 0.1) is 0 Å². The van der Waals surface area contributed by atoms with Crippen LogP contribution in [0.25, 0.3) is 0 Å². The van der Waals surface area contributed by atoms with Crippen molar-refractivity contribution in [2.24, 2.45) is 0 Å². The first-order valence-electron chi connectivity index (χ1n) is 5.15. The summed E-state index contributed by atoms with van der Waals surface area (Å²) in [5.74, 6) is -0.228. The number of ether oxygens (including phenoxy) is 2. The molecule has 1 rings (SSSR count). The van der Waals surface area contributed by atoms with Crippen molar-refractivity contribution < 1.29 is 19.4 Å². The van der Waals surface area contributed by atoms with E-state index < -0.39 is 5.97 Å². The zero-order valence-electron chi connectivity index (χ0n) is 9.60. The van der Waals surface area contributed by atoms with Gasteiger partial charge in [0.25, 0.3) is 0 Å². The molecule has 0 aliphatic rings. The minimum Gasteiger partial charge on any atom is -0.491 e. The number of carboxylic acids is 1. The molecule has 0 spiro atoms. The predicted molar refractivity (Wildman–Crippen MR) is 63.1 cm³/mol. The molecule has 0 saturated heterocycles. The highest BCUT2D eigenvalue weighted by Gasteiger charge is 1.98. The maximum absolute atomic E-state index is 10.3. The first-order chi connectivity index (χ1) is 8.22. The Morgan fingerprint density at radius 2 is 2.24 bits per heavy atom. The average Bonchev–Trinajstić information content (AvgIpc) is 2.29. The van der Waals surface area contributed by atoms with Crippen LogP contribution in [-0.2, 0) is 9.53 Å². The smallest absolute Gasteiger partial charge is 0.319 e. The Labute approximate surface area is 99.5 Å². The molecule has 17 heavy (non-hydrogen) atoms. The van der Waals surface area contributed by atoms with E-state index in [9.17, 15) is 4.79 Å². The number of nitrogens with one attached hydrogen (secondary N) is 2. The summed E-state index contributed by atoms with van der Waals surface area (Å²) in [6.45, 7) is 0.839. The van der Waals surface area contributed by atoms with E-state index >= 15 is 0 Å². The molecule has 94 valence electrons. The molecule has 6 heteroatoms. The number of anilines is 1. The fraction of sp³-hybridized carbons (Fsp3) is 0.364. The highest BCUT2D eigenvalue weighted by molar-refractivity contribution is 5.69. The Balaban J connectivity index is 2.39. The molecule has 0 radical (unpaired) electrons. The molecule has 6 nitrogen and oxygen atoms in total. The normalized spacial score (nSPS) is 9.94. The van der Waals surface area contributed by atoms with Gasteiger partial charge in [0.2, 0.25) is 0 Å². The topological polar surface area (TPSA) is 79.8 Å². The average molecular weight is 240 g/mol. The molecular weight excluding hydrogens is 224 g/mol. The fourth-order valence-electron chi connectivity index (χ4n) is 1.13. The van der Waals surface area contributed by atoms with Crippen molar-refractivity contribution in [2.45, 2.75) is 0 Å². The van der Waals surface area contributed by atoms with E-state index in [1.165, 1.54) is 0 Å². The number of benzene rings is 1. The molecule has 0 atom stereocenters. The van der Waals surface area contributed by atoms with Crippen molar-refractivity contribution in [2.75, 3.05) is 32.3 Å². The van der Waals surface area contributed by atoms with Crippen molar-refractivity contribution in [3.63, 3.8) is 0 Å². The molecule has 0 aliphatic heterocycles. The van der Waals surface area contributed by atoms with E-state index in [4.69, 9.17) is 14.6 Å². The third-order valence-corrected chi connectivity index (χ3v) is 1.86. The van der Waals surface area contributed by atoms with Crippen LogP contribution < -0.4 is 15.6 Å². The summed E-state index contributed by atoms with van der Waals surface area (Å²) in [6, 6.07) is 7.20. The Morgan fingerprint density at radius 1 is 1.41 bits per heavy atom. The Morgan fingerprint density at radius 3 is 2.94 bits per heavy atom. The van der Waals surface area contributed by atoms with Crippen LogP contribution in [0.3, 0.4) is 0 Å². The summed E-state index contributed by atoms with van der Waals surface area (Å²) in [7, 11) is 1.61. The van der Waals surface area contributed by atoms with E-state index in [0.29, 0.717) is 19.0 Å². The minimum atomic E-state index is -0.926. The largest absolute Gasteiger partial charge is 0.491 e. The molecule has 0 amide bonds. The van der Waals surface area contributed by atoms with Crippen LogP contribution in [0.1, 0.15) is 0 Å². The van der Waals surface area contributed by atoms with Gasteiger partial charge >= 0.3 is 5.97 Å². The highest BCUT2D eigenvalue weighted by atomic mass is 16.5. The lowest BCUT2D eigenvalue weighted by atomic mass is 10.3. The zero-order valence-corrected chi connectivity index (χ0v) is 9.60. The Hall–Kier alpha value is -1.79. The van der Waals surface area contributed by atoms with Crippen LogP contribution in [-0.4, -0.2) is 37.9 Å². The van der Waals surface area contributed by atoms with Crippen LogP contribution in [0.15, 0.2) is 24.3 Å². The quantitative estimate of drug-likeness (QED) is 0.459. The SMILES string of the molecule is COCCOc1cccc(NNCC(=O)O)c1. The highest BCUT2D eigenvalue weighted by Crippen LogP contribution is 2.16. The monoisotopic (exact) mass is 240 g/mol. The van der Waals surface area contributed by atoms with Gasteiger partial charge in [-0.3, -0.25) is 4.79 Å². The Kier molecular flexibility index (Phi) is 5.84. The zero-order chi connectivity index (χ0) is 12.5. The van der Waals surface area contributed by atoms with Gasteiger partial charge < -0.3 is 20.0 Å². The molecule has 0 aliphatic carbocycles. The van der Waals surface area contributed by atoms with Crippen molar-refractivity contribution in [1.82, 2.24) is 5.43 Å². The summed E-state index contributed by atoms with van der Waals surface area (Å²) >= 11 is 0. The number of carbonyl (C=O) groups is 1. The molecule has 1 aromatic carbocycles. The van der Waals surface area contributed by atoms with Gasteiger partial charge in [0.15, 0.2) is 0 Å². The standard InChI is InChI=1S/C11H16N2O4/c1-16-5-6-17-10-4-2-3-9(7-10)13-12-8-11(14)15/h2-4,7,12-13H,5-6,8H2,1H3,(H,14,15). The number of hydrazine groups is 1. The van der Waals surface area contributed by atoms with Gasteiger partial charge in [0.05, 0.1) is 12.3 Å². The lowest BCUT2D eigenvalue weighted by Crippen LogP contribution is -2.27. The van der Waals surface area contributed by atoms with Gasteiger partial charge in [-0.1, -0.05) is 6.07 Å². The van der Waals surface area contributed by atoms with Crippen LogP contribution in [0.4, 0.5) is 5.69 Å². The van der Waals surface area contributed by atoms with Crippen LogP contribution >= 0.6 is 0 Å². The van der Waals surface area contributed by atoms with Gasteiger partial charge in [0, 0.05) is 13.2 Å². The minimum absolute atomic E-state index is 0.158. The first kappa shape index (κ1) is 13.3. The second-order valence-corrected chi connectivity index (χ2v) is 3.24. The predicted octanol–water partition coefficient (Wildman–Crippen LogP) is 0.713. The number of rotatable bonds is 8. The lowest BCUT2D eigenvalue weighted by Gasteiger charge is -2.09. The van der Waals surface area contributed by atoms with Crippen LogP contribution in [0.2, 0.25) is 0 Å².